The summed E-state index contributed by atoms with van der Waals surface area (Å²) in [6.45, 7) is 6.40. The fourth-order valence-corrected chi connectivity index (χ4v) is 3.19. The number of likely N-dealkylation sites (N-methyl/N-ethyl adjacent to an activating group) is 1. The van der Waals surface area contributed by atoms with E-state index < -0.39 is 5.60 Å². The summed E-state index contributed by atoms with van der Waals surface area (Å²) in [5.74, 6) is 0.0684. The van der Waals surface area contributed by atoms with Crippen LogP contribution >= 0.6 is 0 Å². The smallest absolute Gasteiger partial charge is 0.253 e. The van der Waals surface area contributed by atoms with Crippen LogP contribution in [-0.2, 0) is 5.41 Å². The van der Waals surface area contributed by atoms with Crippen molar-refractivity contribution in [2.75, 3.05) is 13.6 Å². The Morgan fingerprint density at radius 2 is 2.00 bits per heavy atom. The molecule has 1 N–H and O–H groups in total. The third-order valence-corrected chi connectivity index (χ3v) is 3.56. The summed E-state index contributed by atoms with van der Waals surface area (Å²) in [5.41, 5.74) is 0.869. The van der Waals surface area contributed by atoms with E-state index in [0.717, 1.165) is 11.1 Å². The highest BCUT2D eigenvalue weighted by atomic mass is 16.3. The van der Waals surface area contributed by atoms with Gasteiger partial charge in [0.1, 0.15) is 0 Å². The molecule has 0 fully saturated rings. The Hall–Kier alpha value is -1.35. The van der Waals surface area contributed by atoms with Crippen molar-refractivity contribution in [2.45, 2.75) is 38.2 Å². The van der Waals surface area contributed by atoms with Crippen LogP contribution in [0.5, 0.6) is 0 Å². The number of hydrogen-bond donors (Lipinski definition) is 1. The van der Waals surface area contributed by atoms with Crippen LogP contribution in [0.1, 0.15) is 43.1 Å². The number of benzene rings is 1. The molecule has 2 rings (SSSR count). The molecule has 1 aromatic carbocycles. The van der Waals surface area contributed by atoms with Gasteiger partial charge in [-0.2, -0.15) is 0 Å². The van der Waals surface area contributed by atoms with Gasteiger partial charge in [-0.15, -0.1) is 0 Å². The molecule has 1 atom stereocenters. The molecular formula is C15H21NO2. The van der Waals surface area contributed by atoms with Crippen molar-refractivity contribution in [3.05, 3.63) is 35.4 Å². The second-order valence-electron chi connectivity index (χ2n) is 6.26. The van der Waals surface area contributed by atoms with Crippen molar-refractivity contribution in [3.63, 3.8) is 0 Å². The molecule has 0 unspecified atom stereocenters. The molecule has 1 aliphatic heterocycles. The SMILES string of the molecule is CN1C[C@@](C)(CC(C)(C)O)c2ccccc2C1=O. The zero-order valence-corrected chi connectivity index (χ0v) is 11.5. The molecule has 0 radical (unpaired) electrons. The lowest BCUT2D eigenvalue weighted by molar-refractivity contribution is 0.0334. The second-order valence-corrected chi connectivity index (χ2v) is 6.26. The van der Waals surface area contributed by atoms with E-state index in [1.807, 2.05) is 45.2 Å². The minimum absolute atomic E-state index is 0.0684. The first-order chi connectivity index (χ1) is 8.23. The summed E-state index contributed by atoms with van der Waals surface area (Å²) < 4.78 is 0. The van der Waals surface area contributed by atoms with Crippen LogP contribution in [0.4, 0.5) is 0 Å². The zero-order valence-electron chi connectivity index (χ0n) is 11.5. The van der Waals surface area contributed by atoms with Gasteiger partial charge in [0.25, 0.3) is 5.91 Å². The number of nitrogens with zero attached hydrogens (tertiary/aromatic N) is 1. The van der Waals surface area contributed by atoms with E-state index in [9.17, 15) is 9.90 Å². The van der Waals surface area contributed by atoms with Crippen LogP contribution in [0.25, 0.3) is 0 Å². The van der Waals surface area contributed by atoms with E-state index in [-0.39, 0.29) is 11.3 Å². The van der Waals surface area contributed by atoms with Gasteiger partial charge in [0.2, 0.25) is 0 Å². The summed E-state index contributed by atoms with van der Waals surface area (Å²) in [5, 5.41) is 10.1. The molecule has 3 nitrogen and oxygen atoms in total. The van der Waals surface area contributed by atoms with Crippen LogP contribution in [0, 0.1) is 0 Å². The van der Waals surface area contributed by atoms with Gasteiger partial charge in [-0.3, -0.25) is 4.79 Å². The lowest BCUT2D eigenvalue weighted by Gasteiger charge is -2.43. The number of fused-ring (bicyclic) bond motifs is 1. The quantitative estimate of drug-likeness (QED) is 0.870. The molecule has 18 heavy (non-hydrogen) atoms. The molecule has 0 saturated carbocycles. The molecule has 3 heteroatoms. The summed E-state index contributed by atoms with van der Waals surface area (Å²) in [7, 11) is 1.82. The van der Waals surface area contributed by atoms with Gasteiger partial charge in [-0.25, -0.2) is 0 Å². The van der Waals surface area contributed by atoms with Gasteiger partial charge in [-0.05, 0) is 31.9 Å². The van der Waals surface area contributed by atoms with Crippen molar-refractivity contribution >= 4 is 5.91 Å². The van der Waals surface area contributed by atoms with Crippen LogP contribution in [0.2, 0.25) is 0 Å². The Bertz CT molecular complexity index is 476. The monoisotopic (exact) mass is 247 g/mol. The van der Waals surface area contributed by atoms with Crippen LogP contribution < -0.4 is 0 Å². The number of carbonyl (C=O) groups excluding carboxylic acids is 1. The van der Waals surface area contributed by atoms with E-state index in [2.05, 4.69) is 6.92 Å². The number of amides is 1. The molecule has 1 amide bonds. The fourth-order valence-electron chi connectivity index (χ4n) is 3.19. The highest BCUT2D eigenvalue weighted by molar-refractivity contribution is 5.97. The van der Waals surface area contributed by atoms with Gasteiger partial charge in [0.15, 0.2) is 0 Å². The van der Waals surface area contributed by atoms with E-state index in [4.69, 9.17) is 0 Å². The number of aliphatic hydroxyl groups is 1. The maximum Gasteiger partial charge on any atom is 0.253 e. The van der Waals surface area contributed by atoms with Gasteiger partial charge in [-0.1, -0.05) is 25.1 Å². The second kappa shape index (κ2) is 4.09. The van der Waals surface area contributed by atoms with Crippen LogP contribution in [0.15, 0.2) is 24.3 Å². The lowest BCUT2D eigenvalue weighted by Crippen LogP contribution is -2.49. The maximum atomic E-state index is 12.1. The van der Waals surface area contributed by atoms with Crippen molar-refractivity contribution in [1.29, 1.82) is 0 Å². The van der Waals surface area contributed by atoms with Crippen LogP contribution in [0.3, 0.4) is 0 Å². The van der Waals surface area contributed by atoms with E-state index in [1.165, 1.54) is 0 Å². The van der Waals surface area contributed by atoms with Gasteiger partial charge >= 0.3 is 0 Å². The average Bonchev–Trinajstić information content (AvgIpc) is 2.24. The normalized spacial score (nSPS) is 24.1. The first-order valence-corrected chi connectivity index (χ1v) is 6.30. The molecule has 1 heterocycles. The Kier molecular flexibility index (Phi) is 2.98. The topological polar surface area (TPSA) is 40.5 Å². The molecule has 1 aromatic rings. The van der Waals surface area contributed by atoms with E-state index >= 15 is 0 Å². The molecule has 0 aromatic heterocycles. The first kappa shape index (κ1) is 13.1. The summed E-state index contributed by atoms with van der Waals surface area (Å²) in [6, 6.07) is 7.72. The molecule has 1 aliphatic rings. The molecular weight excluding hydrogens is 226 g/mol. The third kappa shape index (κ3) is 2.27. The Balaban J connectivity index is 2.50. The van der Waals surface area contributed by atoms with E-state index in [0.29, 0.717) is 13.0 Å². The molecule has 0 saturated heterocycles. The highest BCUT2D eigenvalue weighted by Crippen LogP contribution is 2.38. The fraction of sp³-hybridized carbons (Fsp3) is 0.533. The van der Waals surface area contributed by atoms with Gasteiger partial charge in [0.05, 0.1) is 5.60 Å². The summed E-state index contributed by atoms with van der Waals surface area (Å²) >= 11 is 0. The highest BCUT2D eigenvalue weighted by Gasteiger charge is 2.41. The third-order valence-electron chi connectivity index (χ3n) is 3.56. The van der Waals surface area contributed by atoms with Crippen molar-refractivity contribution in [2.24, 2.45) is 0 Å². The molecule has 0 aliphatic carbocycles. The lowest BCUT2D eigenvalue weighted by atomic mass is 9.70. The summed E-state index contributed by atoms with van der Waals surface area (Å²) in [4.78, 5) is 13.9. The zero-order chi connectivity index (χ0) is 13.6. The maximum absolute atomic E-state index is 12.1. The Morgan fingerprint density at radius 1 is 1.39 bits per heavy atom. The molecule has 0 spiro atoms. The number of rotatable bonds is 2. The van der Waals surface area contributed by atoms with Crippen molar-refractivity contribution < 1.29 is 9.90 Å². The van der Waals surface area contributed by atoms with Gasteiger partial charge in [0, 0.05) is 24.6 Å². The van der Waals surface area contributed by atoms with Crippen molar-refractivity contribution in [1.82, 2.24) is 4.90 Å². The Morgan fingerprint density at radius 3 is 2.61 bits per heavy atom. The molecule has 0 bridgehead atoms. The largest absolute Gasteiger partial charge is 0.390 e. The number of hydrogen-bond acceptors (Lipinski definition) is 2. The van der Waals surface area contributed by atoms with Crippen LogP contribution in [-0.4, -0.2) is 35.1 Å². The van der Waals surface area contributed by atoms with Gasteiger partial charge < -0.3 is 10.0 Å². The van der Waals surface area contributed by atoms with Crippen molar-refractivity contribution in [3.8, 4) is 0 Å². The average molecular weight is 247 g/mol. The predicted octanol–water partition coefficient (Wildman–Crippen LogP) is 2.19. The first-order valence-electron chi connectivity index (χ1n) is 6.30. The Labute approximate surface area is 108 Å². The standard InChI is InChI=1S/C15H21NO2/c1-14(2,18)9-15(3)10-16(4)13(17)11-7-5-6-8-12(11)15/h5-8,18H,9-10H2,1-4H3/t15-/m1/s1. The minimum atomic E-state index is -0.747. The van der Waals surface area contributed by atoms with E-state index in [1.54, 1.807) is 4.90 Å². The summed E-state index contributed by atoms with van der Waals surface area (Å²) in [6.07, 6.45) is 0.634. The molecule has 98 valence electrons. The predicted molar refractivity (Wildman–Crippen MR) is 71.7 cm³/mol. The number of carbonyl (C=O) groups is 1. The minimum Gasteiger partial charge on any atom is -0.390 e.